The third-order valence-electron chi connectivity index (χ3n) is 7.98. The third kappa shape index (κ3) is 4.23. The molecule has 41 heavy (non-hydrogen) atoms. The molecule has 10 heteroatoms. The summed E-state index contributed by atoms with van der Waals surface area (Å²) in [7, 11) is 0. The molecule has 2 aliphatic rings. The largest absolute Gasteiger partial charge is 0.322 e. The van der Waals surface area contributed by atoms with Crippen LogP contribution in [0, 0.1) is 11.6 Å². The van der Waals surface area contributed by atoms with Crippen LogP contribution in [0.2, 0.25) is 0 Å². The van der Waals surface area contributed by atoms with E-state index in [-0.39, 0.29) is 35.0 Å². The number of halogens is 2. The first-order valence-electron chi connectivity index (χ1n) is 13.5. The van der Waals surface area contributed by atoms with Crippen LogP contribution in [0.25, 0.3) is 16.8 Å². The lowest BCUT2D eigenvalue weighted by Crippen LogP contribution is -2.42. The Kier molecular flexibility index (Phi) is 6.03. The van der Waals surface area contributed by atoms with Gasteiger partial charge in [0.15, 0.2) is 0 Å². The second-order valence-electron chi connectivity index (χ2n) is 10.4. The lowest BCUT2D eigenvalue weighted by Gasteiger charge is -2.35. The van der Waals surface area contributed by atoms with Gasteiger partial charge in [0.25, 0.3) is 11.8 Å². The molecular weight excluding hydrogens is 526 g/mol. The van der Waals surface area contributed by atoms with Crippen molar-refractivity contribution in [3.05, 3.63) is 108 Å². The van der Waals surface area contributed by atoms with Crippen molar-refractivity contribution < 1.29 is 18.4 Å². The van der Waals surface area contributed by atoms with Gasteiger partial charge in [0.1, 0.15) is 11.6 Å². The predicted octanol–water partition coefficient (Wildman–Crippen LogP) is 6.14. The molecule has 1 aliphatic heterocycles. The SMILES string of the molecule is O=C1c2ccccc2C(=O)N1[C@@H]1CCC[C@H](c2ccncc2Nc2ncc3ccc(-c4c(F)cccc4F)nn23)C1. The zero-order valence-corrected chi connectivity index (χ0v) is 21.8. The Morgan fingerprint density at radius 2 is 1.61 bits per heavy atom. The summed E-state index contributed by atoms with van der Waals surface area (Å²) in [6, 6.07) is 15.6. The number of carbonyl (C=O) groups excluding carboxylic acids is 2. The number of nitrogens with one attached hydrogen (secondary N) is 1. The predicted molar refractivity (Wildman–Crippen MR) is 148 cm³/mol. The Labute approximate surface area is 233 Å². The lowest BCUT2D eigenvalue weighted by atomic mass is 9.80. The maximum absolute atomic E-state index is 14.5. The van der Waals surface area contributed by atoms with Crippen molar-refractivity contribution in [2.45, 2.75) is 37.6 Å². The molecule has 1 N–H and O–H groups in total. The highest BCUT2D eigenvalue weighted by atomic mass is 19.1. The lowest BCUT2D eigenvalue weighted by molar-refractivity contribution is 0.0540. The zero-order chi connectivity index (χ0) is 28.1. The number of rotatable bonds is 5. The fourth-order valence-corrected chi connectivity index (χ4v) is 6.05. The Hall–Kier alpha value is -4.99. The van der Waals surface area contributed by atoms with Crippen molar-refractivity contribution in [3.63, 3.8) is 0 Å². The topological polar surface area (TPSA) is 92.5 Å². The van der Waals surface area contributed by atoms with Crippen LogP contribution in [-0.4, -0.2) is 42.3 Å². The van der Waals surface area contributed by atoms with Gasteiger partial charge in [-0.3, -0.25) is 19.5 Å². The summed E-state index contributed by atoms with van der Waals surface area (Å²) >= 11 is 0. The minimum Gasteiger partial charge on any atom is -0.322 e. The summed E-state index contributed by atoms with van der Waals surface area (Å²) < 4.78 is 30.4. The first-order valence-corrected chi connectivity index (χ1v) is 13.5. The molecule has 0 saturated heterocycles. The van der Waals surface area contributed by atoms with Gasteiger partial charge in [-0.2, -0.15) is 9.61 Å². The molecule has 0 unspecified atom stereocenters. The number of benzene rings is 2. The van der Waals surface area contributed by atoms with Crippen molar-refractivity contribution in [3.8, 4) is 11.3 Å². The van der Waals surface area contributed by atoms with Gasteiger partial charge < -0.3 is 5.32 Å². The second-order valence-corrected chi connectivity index (χ2v) is 10.4. The summed E-state index contributed by atoms with van der Waals surface area (Å²) in [6.07, 6.45) is 8.15. The Bertz CT molecular complexity index is 1780. The van der Waals surface area contributed by atoms with Crippen LogP contribution in [0.3, 0.4) is 0 Å². The summed E-state index contributed by atoms with van der Waals surface area (Å²) in [4.78, 5) is 36.5. The fraction of sp³-hybridized carbons (Fsp3) is 0.194. The van der Waals surface area contributed by atoms with E-state index in [1.54, 1.807) is 55.0 Å². The van der Waals surface area contributed by atoms with E-state index < -0.39 is 11.6 Å². The molecule has 1 saturated carbocycles. The molecule has 2 aromatic carbocycles. The van der Waals surface area contributed by atoms with E-state index in [4.69, 9.17) is 0 Å². The quantitative estimate of drug-likeness (QED) is 0.265. The van der Waals surface area contributed by atoms with Gasteiger partial charge in [-0.05, 0) is 73.2 Å². The van der Waals surface area contributed by atoms with Crippen molar-refractivity contribution >= 4 is 29.0 Å². The monoisotopic (exact) mass is 550 g/mol. The minimum absolute atomic E-state index is 0.0609. The van der Waals surface area contributed by atoms with Gasteiger partial charge >= 0.3 is 0 Å². The first-order chi connectivity index (χ1) is 20.0. The van der Waals surface area contributed by atoms with E-state index in [2.05, 4.69) is 20.4 Å². The van der Waals surface area contributed by atoms with Gasteiger partial charge in [0.2, 0.25) is 5.95 Å². The molecule has 0 radical (unpaired) electrons. The average molecular weight is 551 g/mol. The number of pyridine rings is 1. The van der Waals surface area contributed by atoms with Gasteiger partial charge in [-0.25, -0.2) is 13.8 Å². The Morgan fingerprint density at radius 3 is 2.37 bits per heavy atom. The third-order valence-corrected chi connectivity index (χ3v) is 7.98. The zero-order valence-electron chi connectivity index (χ0n) is 21.8. The molecule has 5 aromatic rings. The summed E-state index contributed by atoms with van der Waals surface area (Å²) in [5.74, 6) is -1.45. The van der Waals surface area contributed by atoms with Gasteiger partial charge in [0.05, 0.1) is 46.0 Å². The van der Waals surface area contributed by atoms with E-state index in [9.17, 15) is 18.4 Å². The maximum atomic E-state index is 14.5. The van der Waals surface area contributed by atoms with Gasteiger partial charge in [-0.1, -0.05) is 24.6 Å². The number of imide groups is 1. The molecule has 7 rings (SSSR count). The van der Waals surface area contributed by atoms with Crippen LogP contribution < -0.4 is 5.32 Å². The fourth-order valence-electron chi connectivity index (χ4n) is 6.05. The number of aromatic nitrogens is 4. The van der Waals surface area contributed by atoms with Crippen LogP contribution >= 0.6 is 0 Å². The number of carbonyl (C=O) groups is 2. The Balaban J connectivity index is 1.18. The molecule has 4 heterocycles. The standard InChI is InChI=1S/C31H24F2N6O2/c32-24-9-4-10-25(33)28(24)26-12-11-20-16-35-31(39(20)37-26)36-27-17-34-14-13-21(27)18-5-3-6-19(15-18)38-29(40)22-7-1-2-8-23(22)30(38)41/h1-2,4,7-14,16-19H,3,5-6,15H2,(H,35,36)/t18-,19+/m0/s1. The molecule has 0 spiro atoms. The molecule has 204 valence electrons. The summed E-state index contributed by atoms with van der Waals surface area (Å²) in [6.45, 7) is 0. The van der Waals surface area contributed by atoms with Crippen LogP contribution in [0.5, 0.6) is 0 Å². The molecular formula is C31H24F2N6O2. The van der Waals surface area contributed by atoms with Crippen LogP contribution in [-0.2, 0) is 0 Å². The van der Waals surface area contributed by atoms with E-state index in [0.717, 1.165) is 24.8 Å². The number of fused-ring (bicyclic) bond motifs is 2. The van der Waals surface area contributed by atoms with Gasteiger partial charge in [-0.15, -0.1) is 0 Å². The van der Waals surface area contributed by atoms with Crippen LogP contribution in [0.1, 0.15) is 57.9 Å². The van der Waals surface area contributed by atoms with E-state index in [0.29, 0.717) is 34.7 Å². The minimum atomic E-state index is -0.703. The van der Waals surface area contributed by atoms with Crippen molar-refractivity contribution in [2.24, 2.45) is 0 Å². The average Bonchev–Trinajstić information content (AvgIpc) is 3.50. The van der Waals surface area contributed by atoms with Crippen molar-refractivity contribution in [1.29, 1.82) is 0 Å². The summed E-state index contributed by atoms with van der Waals surface area (Å²) in [5.41, 5.74) is 3.17. The van der Waals surface area contributed by atoms with E-state index >= 15 is 0 Å². The maximum Gasteiger partial charge on any atom is 0.261 e. The second kappa shape index (κ2) is 9.88. The van der Waals surface area contributed by atoms with Gasteiger partial charge in [0, 0.05) is 12.2 Å². The molecule has 3 aromatic heterocycles. The number of amides is 2. The number of hydrogen-bond acceptors (Lipinski definition) is 6. The van der Waals surface area contributed by atoms with E-state index in [1.165, 1.54) is 27.6 Å². The summed E-state index contributed by atoms with van der Waals surface area (Å²) in [5, 5.41) is 7.78. The Morgan fingerprint density at radius 1 is 0.854 bits per heavy atom. The number of nitrogens with zero attached hydrogens (tertiary/aromatic N) is 5. The highest BCUT2D eigenvalue weighted by Crippen LogP contribution is 2.40. The number of imidazole rings is 1. The van der Waals surface area contributed by atoms with Crippen LogP contribution in [0.4, 0.5) is 20.4 Å². The smallest absolute Gasteiger partial charge is 0.261 e. The highest BCUT2D eigenvalue weighted by molar-refractivity contribution is 6.21. The molecule has 8 nitrogen and oxygen atoms in total. The van der Waals surface area contributed by atoms with Crippen molar-refractivity contribution in [2.75, 3.05) is 5.32 Å². The molecule has 2 amide bonds. The van der Waals surface area contributed by atoms with Crippen LogP contribution in [0.15, 0.2) is 79.3 Å². The molecule has 1 aliphatic carbocycles. The molecule has 2 atom stereocenters. The normalized spacial score (nSPS) is 18.6. The molecule has 0 bridgehead atoms. The first kappa shape index (κ1) is 25.0. The number of hydrogen-bond donors (Lipinski definition) is 1. The highest BCUT2D eigenvalue weighted by Gasteiger charge is 2.41. The number of anilines is 2. The molecule has 1 fully saturated rings. The van der Waals surface area contributed by atoms with Crippen molar-refractivity contribution in [1.82, 2.24) is 24.5 Å². The van der Waals surface area contributed by atoms with E-state index in [1.807, 2.05) is 6.07 Å².